The quantitative estimate of drug-likeness (QED) is 0.613. The van der Waals surface area contributed by atoms with Crippen molar-refractivity contribution in [3.05, 3.63) is 78.6 Å². The molecule has 1 amide bonds. The molecule has 1 aromatic heterocycles. The Labute approximate surface area is 151 Å². The second kappa shape index (κ2) is 8.06. The van der Waals surface area contributed by atoms with E-state index in [9.17, 15) is 4.79 Å². The van der Waals surface area contributed by atoms with E-state index in [1.165, 1.54) is 11.0 Å². The number of carbonyl (C=O) groups is 1. The van der Waals surface area contributed by atoms with E-state index in [-0.39, 0.29) is 5.91 Å². The number of nitrogens with zero attached hydrogens (tertiary/aromatic N) is 5. The van der Waals surface area contributed by atoms with Gasteiger partial charge < -0.3 is 9.64 Å². The van der Waals surface area contributed by atoms with Crippen LogP contribution in [0.1, 0.15) is 15.9 Å². The molecule has 7 nitrogen and oxygen atoms in total. The van der Waals surface area contributed by atoms with E-state index < -0.39 is 0 Å². The topological polar surface area (TPSA) is 73.1 Å². The highest BCUT2D eigenvalue weighted by atomic mass is 16.5. The third-order valence-electron chi connectivity index (χ3n) is 3.76. The molecule has 0 aliphatic heterocycles. The van der Waals surface area contributed by atoms with E-state index in [4.69, 9.17) is 4.74 Å². The number of tetrazole rings is 1. The molecule has 0 fully saturated rings. The first-order valence-electron chi connectivity index (χ1n) is 8.09. The molecule has 0 atom stereocenters. The maximum absolute atomic E-state index is 12.7. The minimum atomic E-state index is -0.0769. The molecule has 0 aliphatic carbocycles. The molecule has 2 aromatic carbocycles. The first kappa shape index (κ1) is 17.3. The van der Waals surface area contributed by atoms with Gasteiger partial charge in [0.25, 0.3) is 5.91 Å². The molecule has 1 heterocycles. The predicted molar refractivity (Wildman–Crippen MR) is 97.1 cm³/mol. The van der Waals surface area contributed by atoms with Crippen molar-refractivity contribution >= 4 is 5.91 Å². The molecule has 3 rings (SSSR count). The van der Waals surface area contributed by atoms with Crippen LogP contribution in [0.15, 0.2) is 67.5 Å². The Morgan fingerprint density at radius 2 is 2.08 bits per heavy atom. The van der Waals surface area contributed by atoms with E-state index in [1.807, 2.05) is 36.4 Å². The lowest BCUT2D eigenvalue weighted by Crippen LogP contribution is -2.26. The number of ether oxygens (including phenoxy) is 1. The molecular weight excluding hydrogens is 330 g/mol. The summed E-state index contributed by atoms with van der Waals surface area (Å²) >= 11 is 0. The maximum Gasteiger partial charge on any atom is 0.253 e. The lowest BCUT2D eigenvalue weighted by atomic mass is 10.1. The summed E-state index contributed by atoms with van der Waals surface area (Å²) in [5.74, 6) is 0.698. The summed E-state index contributed by atoms with van der Waals surface area (Å²) in [4.78, 5) is 14.4. The second-order valence-electron chi connectivity index (χ2n) is 5.71. The first-order chi connectivity index (χ1) is 12.7. The van der Waals surface area contributed by atoms with Crippen molar-refractivity contribution in [3.63, 3.8) is 0 Å². The largest absolute Gasteiger partial charge is 0.490 e. The molecular formula is C19H19N5O2. The summed E-state index contributed by atoms with van der Waals surface area (Å²) in [6, 6.07) is 14.9. The van der Waals surface area contributed by atoms with Crippen LogP contribution in [0.3, 0.4) is 0 Å². The summed E-state index contributed by atoms with van der Waals surface area (Å²) in [7, 11) is 1.77. The van der Waals surface area contributed by atoms with Crippen molar-refractivity contribution in [2.75, 3.05) is 13.7 Å². The van der Waals surface area contributed by atoms with Gasteiger partial charge in [-0.25, -0.2) is 4.68 Å². The average Bonchev–Trinajstić information content (AvgIpc) is 3.22. The molecule has 0 spiro atoms. The highest BCUT2D eigenvalue weighted by molar-refractivity contribution is 5.94. The molecule has 0 unspecified atom stereocenters. The van der Waals surface area contributed by atoms with Gasteiger partial charge in [-0.3, -0.25) is 4.79 Å². The SMILES string of the molecule is C=CCOc1ccc(CN(C)C(=O)c2cccc(-n3cnnn3)c2)cc1. The van der Waals surface area contributed by atoms with Gasteiger partial charge in [0.15, 0.2) is 0 Å². The van der Waals surface area contributed by atoms with Crippen LogP contribution in [-0.2, 0) is 6.54 Å². The standard InChI is InChI=1S/C19H19N5O2/c1-3-11-26-18-9-7-15(8-10-18)13-23(2)19(25)16-5-4-6-17(12-16)24-14-20-21-22-24/h3-10,12,14H,1,11,13H2,2H3. The van der Waals surface area contributed by atoms with Crippen LogP contribution in [0.2, 0.25) is 0 Å². The van der Waals surface area contributed by atoms with E-state index in [0.717, 1.165) is 17.0 Å². The molecule has 0 saturated carbocycles. The van der Waals surface area contributed by atoms with Crippen molar-refractivity contribution in [1.82, 2.24) is 25.1 Å². The minimum Gasteiger partial charge on any atom is -0.490 e. The second-order valence-corrected chi connectivity index (χ2v) is 5.71. The highest BCUT2D eigenvalue weighted by Gasteiger charge is 2.13. The summed E-state index contributed by atoms with van der Waals surface area (Å²) in [5, 5.41) is 11.1. The van der Waals surface area contributed by atoms with Crippen molar-refractivity contribution in [1.29, 1.82) is 0 Å². The Hall–Kier alpha value is -3.48. The van der Waals surface area contributed by atoms with Crippen molar-refractivity contribution in [2.24, 2.45) is 0 Å². The third-order valence-corrected chi connectivity index (χ3v) is 3.76. The fraction of sp³-hybridized carbons (Fsp3) is 0.158. The lowest BCUT2D eigenvalue weighted by Gasteiger charge is -2.18. The van der Waals surface area contributed by atoms with Crippen LogP contribution in [0.4, 0.5) is 0 Å². The third kappa shape index (κ3) is 4.13. The monoisotopic (exact) mass is 349 g/mol. The number of rotatable bonds is 7. The minimum absolute atomic E-state index is 0.0769. The zero-order valence-corrected chi connectivity index (χ0v) is 14.4. The smallest absolute Gasteiger partial charge is 0.253 e. The first-order valence-corrected chi connectivity index (χ1v) is 8.09. The maximum atomic E-state index is 12.7. The predicted octanol–water partition coefficient (Wildman–Crippen LogP) is 2.50. The molecule has 132 valence electrons. The Balaban J connectivity index is 1.68. The number of hydrogen-bond donors (Lipinski definition) is 0. The summed E-state index contributed by atoms with van der Waals surface area (Å²) in [6.45, 7) is 4.59. The Kier molecular flexibility index (Phi) is 5.38. The molecule has 7 heteroatoms. The number of benzene rings is 2. The van der Waals surface area contributed by atoms with Crippen LogP contribution in [0.5, 0.6) is 5.75 Å². The summed E-state index contributed by atoms with van der Waals surface area (Å²) < 4.78 is 6.98. The van der Waals surface area contributed by atoms with Gasteiger partial charge >= 0.3 is 0 Å². The average molecular weight is 349 g/mol. The molecule has 0 radical (unpaired) electrons. The molecule has 3 aromatic rings. The zero-order chi connectivity index (χ0) is 18.4. The number of amides is 1. The van der Waals surface area contributed by atoms with Crippen molar-refractivity contribution < 1.29 is 9.53 Å². The van der Waals surface area contributed by atoms with E-state index in [2.05, 4.69) is 22.1 Å². The molecule has 0 N–H and O–H groups in total. The Morgan fingerprint density at radius 3 is 2.77 bits per heavy atom. The van der Waals surface area contributed by atoms with E-state index >= 15 is 0 Å². The number of carbonyl (C=O) groups excluding carboxylic acids is 1. The van der Waals surface area contributed by atoms with Crippen molar-refractivity contribution in [2.45, 2.75) is 6.54 Å². The number of hydrogen-bond acceptors (Lipinski definition) is 5. The van der Waals surface area contributed by atoms with Gasteiger partial charge in [-0.1, -0.05) is 30.9 Å². The van der Waals surface area contributed by atoms with E-state index in [1.54, 1.807) is 30.2 Å². The van der Waals surface area contributed by atoms with Crippen molar-refractivity contribution in [3.8, 4) is 11.4 Å². The molecule has 26 heavy (non-hydrogen) atoms. The van der Waals surface area contributed by atoms with Gasteiger partial charge in [0.1, 0.15) is 18.7 Å². The van der Waals surface area contributed by atoms with Crippen LogP contribution in [0.25, 0.3) is 5.69 Å². The van der Waals surface area contributed by atoms with Gasteiger partial charge in [-0.15, -0.1) is 5.10 Å². The van der Waals surface area contributed by atoms with Gasteiger partial charge in [0.05, 0.1) is 5.69 Å². The summed E-state index contributed by atoms with van der Waals surface area (Å²) in [5.41, 5.74) is 2.33. The zero-order valence-electron chi connectivity index (χ0n) is 14.4. The fourth-order valence-corrected chi connectivity index (χ4v) is 2.47. The highest BCUT2D eigenvalue weighted by Crippen LogP contribution is 2.15. The van der Waals surface area contributed by atoms with E-state index in [0.29, 0.717) is 18.7 Å². The normalized spacial score (nSPS) is 10.3. The molecule has 0 saturated heterocycles. The van der Waals surface area contributed by atoms with Gasteiger partial charge in [0, 0.05) is 19.2 Å². The van der Waals surface area contributed by atoms with Crippen LogP contribution in [-0.4, -0.2) is 44.7 Å². The number of aromatic nitrogens is 4. The van der Waals surface area contributed by atoms with Gasteiger partial charge in [-0.05, 0) is 46.3 Å². The summed E-state index contributed by atoms with van der Waals surface area (Å²) in [6.07, 6.45) is 3.19. The Bertz CT molecular complexity index is 875. The van der Waals surface area contributed by atoms with Crippen LogP contribution >= 0.6 is 0 Å². The molecule has 0 aliphatic rings. The fourth-order valence-electron chi connectivity index (χ4n) is 2.47. The van der Waals surface area contributed by atoms with Crippen LogP contribution in [0, 0.1) is 0 Å². The van der Waals surface area contributed by atoms with Gasteiger partial charge in [0.2, 0.25) is 0 Å². The molecule has 0 bridgehead atoms. The van der Waals surface area contributed by atoms with Crippen LogP contribution < -0.4 is 4.74 Å². The lowest BCUT2D eigenvalue weighted by molar-refractivity contribution is 0.0785. The Morgan fingerprint density at radius 1 is 1.27 bits per heavy atom. The van der Waals surface area contributed by atoms with Gasteiger partial charge in [-0.2, -0.15) is 0 Å².